The molecule has 0 aliphatic carbocycles. The zero-order valence-corrected chi connectivity index (χ0v) is 26.0. The van der Waals surface area contributed by atoms with Crippen LogP contribution in [0.15, 0.2) is 30.5 Å². The minimum absolute atomic E-state index is 0.140. The Bertz CT molecular complexity index is 1480. The number of carbonyl (C=O) groups is 1. The first kappa shape index (κ1) is 30.1. The van der Waals surface area contributed by atoms with E-state index in [2.05, 4.69) is 40.6 Å². The molecule has 0 spiro atoms. The number of nitrogens with zero attached hydrogens (tertiary/aromatic N) is 6. The van der Waals surface area contributed by atoms with Crippen molar-refractivity contribution in [3.05, 3.63) is 59.2 Å². The number of fused-ring (bicyclic) bond motifs is 1. The second-order valence-corrected chi connectivity index (χ2v) is 13.0. The Kier molecular flexibility index (Phi) is 8.56. The third kappa shape index (κ3) is 5.94. The lowest BCUT2D eigenvalue weighted by molar-refractivity contribution is 0.00361. The summed E-state index contributed by atoms with van der Waals surface area (Å²) in [6.45, 7) is 16.9. The molecule has 3 aliphatic heterocycles. The van der Waals surface area contributed by atoms with Crippen LogP contribution in [0.1, 0.15) is 48.4 Å². The van der Waals surface area contributed by atoms with E-state index >= 15 is 4.39 Å². The van der Waals surface area contributed by atoms with Gasteiger partial charge in [-0.05, 0) is 56.1 Å². The molecule has 2 atom stereocenters. The molecule has 10 heteroatoms. The molecule has 5 heterocycles. The molecule has 8 nitrogen and oxygen atoms in total. The third-order valence-corrected chi connectivity index (χ3v) is 9.68. The number of likely N-dealkylation sites (tertiary alicyclic amines) is 1. The topological polar surface area (TPSA) is 56.6 Å². The van der Waals surface area contributed by atoms with Gasteiger partial charge in [0.25, 0.3) is 5.91 Å². The molecule has 3 aliphatic rings. The maximum atomic E-state index is 15.4. The monoisotopic (exact) mass is 594 g/mol. The average Bonchev–Trinajstić information content (AvgIpc) is 3.25. The maximum Gasteiger partial charge on any atom is 0.254 e. The summed E-state index contributed by atoms with van der Waals surface area (Å²) < 4.78 is 37.3. The number of aromatic nitrogens is 2. The van der Waals surface area contributed by atoms with Crippen molar-refractivity contribution in [3.8, 4) is 11.1 Å². The van der Waals surface area contributed by atoms with E-state index < -0.39 is 11.8 Å². The van der Waals surface area contributed by atoms with E-state index in [9.17, 15) is 9.18 Å². The maximum absolute atomic E-state index is 15.4. The Morgan fingerprint density at radius 1 is 1.07 bits per heavy atom. The first-order valence-corrected chi connectivity index (χ1v) is 15.6. The van der Waals surface area contributed by atoms with E-state index in [0.717, 1.165) is 51.4 Å². The van der Waals surface area contributed by atoms with Gasteiger partial charge in [0, 0.05) is 76.1 Å². The SMILES string of the molecule is Cc1nc(F)c2c(-c3ccc(F)cc3C(=O)N3CCOC[C@H]3C)cc(C3CN([C@H](CN4CCN(C)CC4)C(C)C)C3)cn12. The van der Waals surface area contributed by atoms with Crippen LogP contribution in [0.4, 0.5) is 8.78 Å². The summed E-state index contributed by atoms with van der Waals surface area (Å²) >= 11 is 0. The number of benzene rings is 1. The normalized spacial score (nSPS) is 22.0. The second kappa shape index (κ2) is 12.2. The molecule has 232 valence electrons. The van der Waals surface area contributed by atoms with Crippen molar-refractivity contribution >= 4 is 11.4 Å². The van der Waals surface area contributed by atoms with Crippen LogP contribution < -0.4 is 0 Å². The van der Waals surface area contributed by atoms with Crippen LogP contribution in [-0.2, 0) is 4.74 Å². The third-order valence-electron chi connectivity index (χ3n) is 9.68. The predicted molar refractivity (Wildman–Crippen MR) is 163 cm³/mol. The van der Waals surface area contributed by atoms with Gasteiger partial charge >= 0.3 is 0 Å². The summed E-state index contributed by atoms with van der Waals surface area (Å²) in [7, 11) is 2.18. The Balaban J connectivity index is 1.32. The fourth-order valence-electron chi connectivity index (χ4n) is 6.91. The number of piperazine rings is 1. The van der Waals surface area contributed by atoms with Gasteiger partial charge in [0.15, 0.2) is 0 Å². The van der Waals surface area contributed by atoms with Crippen LogP contribution in [0.5, 0.6) is 0 Å². The van der Waals surface area contributed by atoms with E-state index in [1.165, 1.54) is 12.1 Å². The molecular weight excluding hydrogens is 550 g/mol. The molecule has 3 aromatic rings. The van der Waals surface area contributed by atoms with Crippen LogP contribution in [0.3, 0.4) is 0 Å². The van der Waals surface area contributed by atoms with Gasteiger partial charge in [-0.1, -0.05) is 19.9 Å². The number of morpholine rings is 1. The van der Waals surface area contributed by atoms with Crippen molar-refractivity contribution in [1.29, 1.82) is 0 Å². The zero-order valence-electron chi connectivity index (χ0n) is 26.0. The van der Waals surface area contributed by atoms with Crippen molar-refractivity contribution in [3.63, 3.8) is 0 Å². The number of amides is 1. The number of pyridine rings is 1. The van der Waals surface area contributed by atoms with Crippen molar-refractivity contribution < 1.29 is 18.3 Å². The van der Waals surface area contributed by atoms with Gasteiger partial charge in [-0.15, -0.1) is 0 Å². The van der Waals surface area contributed by atoms with Gasteiger partial charge in [-0.2, -0.15) is 4.39 Å². The van der Waals surface area contributed by atoms with Crippen LogP contribution in [-0.4, -0.2) is 120 Å². The molecule has 6 rings (SSSR count). The van der Waals surface area contributed by atoms with Crippen molar-refractivity contribution in [1.82, 2.24) is 29.0 Å². The van der Waals surface area contributed by atoms with E-state index in [0.29, 0.717) is 54.2 Å². The number of rotatable bonds is 7. The lowest BCUT2D eigenvalue weighted by Gasteiger charge is -2.48. The Morgan fingerprint density at radius 2 is 1.81 bits per heavy atom. The number of aryl methyl sites for hydroxylation is 1. The number of hydrogen-bond donors (Lipinski definition) is 0. The van der Waals surface area contributed by atoms with E-state index in [4.69, 9.17) is 4.74 Å². The van der Waals surface area contributed by atoms with Crippen LogP contribution >= 0.6 is 0 Å². The predicted octanol–water partition coefficient (Wildman–Crippen LogP) is 4.12. The summed E-state index contributed by atoms with van der Waals surface area (Å²) in [6, 6.07) is 6.55. The van der Waals surface area contributed by atoms with Crippen LogP contribution in [0.25, 0.3) is 16.6 Å². The summed E-state index contributed by atoms with van der Waals surface area (Å²) in [5.41, 5.74) is 2.69. The largest absolute Gasteiger partial charge is 0.377 e. The summed E-state index contributed by atoms with van der Waals surface area (Å²) in [5, 5.41) is 0. The number of likely N-dealkylation sites (N-methyl/N-ethyl adjacent to an activating group) is 1. The van der Waals surface area contributed by atoms with Crippen LogP contribution in [0, 0.1) is 24.6 Å². The Labute approximate surface area is 253 Å². The Morgan fingerprint density at radius 3 is 2.51 bits per heavy atom. The number of carbonyl (C=O) groups excluding carboxylic acids is 1. The highest BCUT2D eigenvalue weighted by molar-refractivity contribution is 6.03. The molecule has 0 N–H and O–H groups in total. The molecule has 43 heavy (non-hydrogen) atoms. The lowest BCUT2D eigenvalue weighted by atomic mass is 9.86. The number of imidazole rings is 1. The van der Waals surface area contributed by atoms with Gasteiger partial charge in [0.05, 0.1) is 24.8 Å². The first-order chi connectivity index (χ1) is 20.6. The van der Waals surface area contributed by atoms with Crippen molar-refractivity contribution in [2.75, 3.05) is 72.6 Å². The lowest BCUT2D eigenvalue weighted by Crippen LogP contribution is -2.58. The minimum Gasteiger partial charge on any atom is -0.377 e. The standard InChI is InChI=1S/C33H44F2N6O2/c1-21(2)30(19-38-10-8-37(5)9-11-38)39-16-25(17-39)24-14-28(31-32(35)36-23(4)41(31)18-24)27-7-6-26(34)15-29(27)33(42)40-12-13-43-20-22(40)3/h6-7,14-15,18,21-22,25,30H,8-13,16-17,19-20H2,1-5H3/t22-,30-/m1/s1. The first-order valence-electron chi connectivity index (χ1n) is 15.6. The quantitative estimate of drug-likeness (QED) is 0.411. The molecular formula is C33H44F2N6O2. The summed E-state index contributed by atoms with van der Waals surface area (Å²) in [5.74, 6) is -0.0360. The van der Waals surface area contributed by atoms with Crippen LogP contribution in [0.2, 0.25) is 0 Å². The molecule has 3 saturated heterocycles. The number of ether oxygens (including phenoxy) is 1. The molecule has 2 aromatic heterocycles. The average molecular weight is 595 g/mol. The molecule has 0 saturated carbocycles. The molecule has 0 unspecified atom stereocenters. The van der Waals surface area contributed by atoms with E-state index in [-0.39, 0.29) is 23.4 Å². The van der Waals surface area contributed by atoms with Gasteiger partial charge in [0.1, 0.15) is 17.2 Å². The fraction of sp³-hybridized carbons (Fsp3) is 0.576. The summed E-state index contributed by atoms with van der Waals surface area (Å²) in [6.07, 6.45) is 1.99. The molecule has 0 radical (unpaired) electrons. The summed E-state index contributed by atoms with van der Waals surface area (Å²) in [4.78, 5) is 27.2. The Hall–Kier alpha value is -2.92. The molecule has 0 bridgehead atoms. The highest BCUT2D eigenvalue weighted by Gasteiger charge is 2.37. The number of hydrogen-bond acceptors (Lipinski definition) is 6. The minimum atomic E-state index is -0.594. The van der Waals surface area contributed by atoms with E-state index in [1.807, 2.05) is 19.2 Å². The molecule has 1 aromatic carbocycles. The highest BCUT2D eigenvalue weighted by atomic mass is 19.1. The van der Waals surface area contributed by atoms with Gasteiger partial charge in [-0.3, -0.25) is 14.6 Å². The fourth-order valence-corrected chi connectivity index (χ4v) is 6.91. The smallest absolute Gasteiger partial charge is 0.254 e. The molecule has 3 fully saturated rings. The van der Waals surface area contributed by atoms with Gasteiger partial charge in [-0.25, -0.2) is 9.37 Å². The highest BCUT2D eigenvalue weighted by Crippen LogP contribution is 2.37. The zero-order chi connectivity index (χ0) is 30.4. The van der Waals surface area contributed by atoms with E-state index in [1.54, 1.807) is 22.3 Å². The van der Waals surface area contributed by atoms with Crippen molar-refractivity contribution in [2.24, 2.45) is 5.92 Å². The second-order valence-electron chi connectivity index (χ2n) is 13.0. The van der Waals surface area contributed by atoms with Gasteiger partial charge in [0.2, 0.25) is 5.95 Å². The number of halogens is 2. The molecule has 1 amide bonds. The van der Waals surface area contributed by atoms with Gasteiger partial charge < -0.3 is 18.9 Å². The van der Waals surface area contributed by atoms with Crippen molar-refractivity contribution in [2.45, 2.75) is 45.7 Å².